The van der Waals surface area contributed by atoms with Crippen molar-refractivity contribution in [3.8, 4) is 0 Å². The predicted octanol–water partition coefficient (Wildman–Crippen LogP) is 3.74. The summed E-state index contributed by atoms with van der Waals surface area (Å²) in [5.41, 5.74) is 2.14. The highest BCUT2D eigenvalue weighted by Crippen LogP contribution is 2.37. The van der Waals surface area contributed by atoms with Crippen LogP contribution in [0.3, 0.4) is 0 Å². The van der Waals surface area contributed by atoms with E-state index in [0.29, 0.717) is 31.1 Å². The Kier molecular flexibility index (Phi) is 6.51. The molecule has 2 aliphatic rings. The molecule has 2 saturated heterocycles. The zero-order valence-corrected chi connectivity index (χ0v) is 19.2. The lowest BCUT2D eigenvalue weighted by Crippen LogP contribution is -2.40. The van der Waals surface area contributed by atoms with E-state index in [1.807, 2.05) is 63.2 Å². The third kappa shape index (κ3) is 5.18. The zero-order chi connectivity index (χ0) is 22.1. The number of ether oxygens (including phenoxy) is 3. The topological polar surface area (TPSA) is 65.1 Å². The Balaban J connectivity index is 1.50. The summed E-state index contributed by atoms with van der Waals surface area (Å²) in [6.45, 7) is 7.40. The zero-order valence-electron chi connectivity index (χ0n) is 18.4. The number of fused-ring (bicyclic) bond motifs is 1. The van der Waals surface area contributed by atoms with Gasteiger partial charge in [-0.2, -0.15) is 4.31 Å². The summed E-state index contributed by atoms with van der Waals surface area (Å²) in [5.74, 6) is -0.697. The Morgan fingerprint density at radius 2 is 1.77 bits per heavy atom. The average Bonchev–Trinajstić information content (AvgIpc) is 2.94. The molecule has 2 aromatic rings. The highest BCUT2D eigenvalue weighted by Gasteiger charge is 2.48. The average molecular weight is 446 g/mol. The minimum atomic E-state index is -3.61. The largest absolute Gasteiger partial charge is 0.376 e. The van der Waals surface area contributed by atoms with Crippen molar-refractivity contribution in [2.24, 2.45) is 5.92 Å². The number of aryl methyl sites for hydroxylation is 1. The Morgan fingerprint density at radius 1 is 1.06 bits per heavy atom. The molecular formula is C24H31NO5S. The maximum absolute atomic E-state index is 13.3. The van der Waals surface area contributed by atoms with Gasteiger partial charge in [-0.1, -0.05) is 48.0 Å². The molecule has 2 aliphatic heterocycles. The maximum Gasteiger partial charge on any atom is 0.243 e. The van der Waals surface area contributed by atoms with Gasteiger partial charge in [0.2, 0.25) is 10.0 Å². The minimum absolute atomic E-state index is 0.0497. The van der Waals surface area contributed by atoms with Crippen molar-refractivity contribution in [1.82, 2.24) is 4.31 Å². The van der Waals surface area contributed by atoms with Gasteiger partial charge in [-0.25, -0.2) is 8.42 Å². The summed E-state index contributed by atoms with van der Waals surface area (Å²) in [5, 5.41) is 0. The van der Waals surface area contributed by atoms with E-state index < -0.39 is 15.8 Å². The molecule has 2 heterocycles. The molecule has 0 saturated carbocycles. The molecule has 0 amide bonds. The molecule has 3 atom stereocenters. The fourth-order valence-electron chi connectivity index (χ4n) is 4.33. The molecule has 2 aromatic carbocycles. The fourth-order valence-corrected chi connectivity index (χ4v) is 5.80. The standard InChI is InChI=1S/C24H31NO5S/c1-18-9-11-21(12-10-18)31(26,27)25-14-13-20(17-28-16-19-7-5-4-6-8-19)23-22(15-25)29-24(2,3)30-23/h4-12,20,22-23H,13-17H2,1-3H3/t20-,22-,23+/m1/s1. The van der Waals surface area contributed by atoms with E-state index in [2.05, 4.69) is 0 Å². The van der Waals surface area contributed by atoms with Crippen LogP contribution in [0.2, 0.25) is 0 Å². The number of hydrogen-bond acceptors (Lipinski definition) is 5. The highest BCUT2D eigenvalue weighted by molar-refractivity contribution is 7.89. The summed E-state index contributed by atoms with van der Waals surface area (Å²) in [6, 6.07) is 17.0. The van der Waals surface area contributed by atoms with E-state index in [4.69, 9.17) is 14.2 Å². The van der Waals surface area contributed by atoms with Crippen molar-refractivity contribution in [1.29, 1.82) is 0 Å². The molecule has 0 unspecified atom stereocenters. The molecule has 168 valence electrons. The first-order chi connectivity index (χ1) is 14.7. The fraction of sp³-hybridized carbons (Fsp3) is 0.500. The number of benzene rings is 2. The predicted molar refractivity (Wildman–Crippen MR) is 118 cm³/mol. The van der Waals surface area contributed by atoms with Crippen molar-refractivity contribution in [3.05, 3.63) is 65.7 Å². The van der Waals surface area contributed by atoms with E-state index in [9.17, 15) is 8.42 Å². The lowest BCUT2D eigenvalue weighted by atomic mass is 9.97. The molecule has 0 bridgehead atoms. The maximum atomic E-state index is 13.3. The van der Waals surface area contributed by atoms with Gasteiger partial charge in [0, 0.05) is 19.0 Å². The Bertz CT molecular complexity index is 975. The van der Waals surface area contributed by atoms with Crippen LogP contribution in [0.15, 0.2) is 59.5 Å². The number of hydrogen-bond donors (Lipinski definition) is 0. The normalized spacial score (nSPS) is 26.4. The van der Waals surface area contributed by atoms with Gasteiger partial charge in [0.15, 0.2) is 5.79 Å². The first kappa shape index (κ1) is 22.4. The first-order valence-electron chi connectivity index (χ1n) is 10.8. The van der Waals surface area contributed by atoms with Gasteiger partial charge in [0.25, 0.3) is 0 Å². The molecule has 6 nitrogen and oxygen atoms in total. The van der Waals surface area contributed by atoms with Gasteiger partial charge < -0.3 is 14.2 Å². The van der Waals surface area contributed by atoms with Crippen LogP contribution in [0.4, 0.5) is 0 Å². The first-order valence-corrected chi connectivity index (χ1v) is 12.2. The van der Waals surface area contributed by atoms with Crippen molar-refractivity contribution < 1.29 is 22.6 Å². The Hall–Kier alpha value is -1.77. The second kappa shape index (κ2) is 9.00. The molecule has 0 aromatic heterocycles. The third-order valence-electron chi connectivity index (χ3n) is 5.92. The van der Waals surface area contributed by atoms with Crippen LogP contribution in [0.5, 0.6) is 0 Å². The monoisotopic (exact) mass is 445 g/mol. The van der Waals surface area contributed by atoms with Crippen LogP contribution >= 0.6 is 0 Å². The SMILES string of the molecule is Cc1ccc(S(=O)(=O)N2CC[C@H](COCc3ccccc3)[C@@H]3OC(C)(C)O[C@@H]3C2)cc1. The van der Waals surface area contributed by atoms with Crippen molar-refractivity contribution >= 4 is 10.0 Å². The molecule has 7 heteroatoms. The van der Waals surface area contributed by atoms with E-state index >= 15 is 0 Å². The second-order valence-corrected chi connectivity index (χ2v) is 10.8. The van der Waals surface area contributed by atoms with Gasteiger partial charge in [-0.3, -0.25) is 0 Å². The van der Waals surface area contributed by atoms with E-state index in [0.717, 1.165) is 11.1 Å². The highest BCUT2D eigenvalue weighted by atomic mass is 32.2. The summed E-state index contributed by atoms with van der Waals surface area (Å²) in [7, 11) is -3.61. The molecule has 0 spiro atoms. The Morgan fingerprint density at radius 3 is 2.48 bits per heavy atom. The minimum Gasteiger partial charge on any atom is -0.376 e. The third-order valence-corrected chi connectivity index (χ3v) is 7.80. The number of nitrogens with zero attached hydrogens (tertiary/aromatic N) is 1. The van der Waals surface area contributed by atoms with Gasteiger partial charge in [-0.15, -0.1) is 0 Å². The van der Waals surface area contributed by atoms with Gasteiger partial charge in [0.1, 0.15) is 6.10 Å². The molecule has 0 aliphatic carbocycles. The molecule has 0 radical (unpaired) electrons. The quantitative estimate of drug-likeness (QED) is 0.678. The van der Waals surface area contributed by atoms with E-state index in [1.165, 1.54) is 4.31 Å². The molecule has 31 heavy (non-hydrogen) atoms. The summed E-state index contributed by atoms with van der Waals surface area (Å²) < 4.78 is 46.5. The van der Waals surface area contributed by atoms with Crippen LogP contribution < -0.4 is 0 Å². The number of rotatable bonds is 6. The molecule has 2 fully saturated rings. The lowest BCUT2D eigenvalue weighted by molar-refractivity contribution is -0.155. The van der Waals surface area contributed by atoms with Crippen molar-refractivity contribution in [2.75, 3.05) is 19.7 Å². The van der Waals surface area contributed by atoms with Crippen LogP contribution in [0.1, 0.15) is 31.4 Å². The second-order valence-electron chi connectivity index (χ2n) is 8.86. The molecular weight excluding hydrogens is 414 g/mol. The molecule has 0 N–H and O–H groups in total. The van der Waals surface area contributed by atoms with Crippen LogP contribution in [0.25, 0.3) is 0 Å². The van der Waals surface area contributed by atoms with E-state index in [-0.39, 0.29) is 24.7 Å². The lowest BCUT2D eigenvalue weighted by Gasteiger charge is -2.24. The van der Waals surface area contributed by atoms with Gasteiger partial charge >= 0.3 is 0 Å². The Labute approximate surface area is 185 Å². The smallest absolute Gasteiger partial charge is 0.243 e. The van der Waals surface area contributed by atoms with Crippen LogP contribution in [-0.2, 0) is 30.8 Å². The summed E-state index contributed by atoms with van der Waals surface area (Å²) in [6.07, 6.45) is 0.118. The number of sulfonamides is 1. The van der Waals surface area contributed by atoms with Crippen molar-refractivity contribution in [2.45, 2.75) is 56.7 Å². The summed E-state index contributed by atoms with van der Waals surface area (Å²) >= 11 is 0. The van der Waals surface area contributed by atoms with Crippen LogP contribution in [-0.4, -0.2) is 50.4 Å². The van der Waals surface area contributed by atoms with Gasteiger partial charge in [0.05, 0.1) is 24.2 Å². The molecule has 4 rings (SSSR count). The van der Waals surface area contributed by atoms with Crippen molar-refractivity contribution in [3.63, 3.8) is 0 Å². The van der Waals surface area contributed by atoms with E-state index in [1.54, 1.807) is 12.1 Å². The van der Waals surface area contributed by atoms with Gasteiger partial charge in [-0.05, 0) is 44.9 Å². The summed E-state index contributed by atoms with van der Waals surface area (Å²) in [4.78, 5) is 0.312. The van der Waals surface area contributed by atoms with Crippen LogP contribution in [0, 0.1) is 12.8 Å².